The van der Waals surface area contributed by atoms with Crippen LogP contribution in [0.2, 0.25) is 0 Å². The molecule has 4 heterocycles. The smallest absolute Gasteiger partial charge is 0.148 e. The number of hydrogen-bond acceptors (Lipinski definition) is 8. The van der Waals surface area contributed by atoms with Gasteiger partial charge in [0.1, 0.15) is 24.0 Å². The first-order valence-electron chi connectivity index (χ1n) is 10.5. The Hall–Kier alpha value is -4.35. The molecule has 2 atom stereocenters. The van der Waals surface area contributed by atoms with E-state index in [2.05, 4.69) is 37.8 Å². The van der Waals surface area contributed by atoms with E-state index < -0.39 is 17.8 Å². The number of nitrogens with one attached hydrogen (secondary N) is 1. The van der Waals surface area contributed by atoms with Crippen molar-refractivity contribution in [3.63, 3.8) is 0 Å². The Kier molecular flexibility index (Phi) is 5.97. The summed E-state index contributed by atoms with van der Waals surface area (Å²) in [6.07, 6.45) is 3.11. The van der Waals surface area contributed by atoms with Gasteiger partial charge in [-0.05, 0) is 45.0 Å². The van der Waals surface area contributed by atoms with Crippen LogP contribution in [0.25, 0.3) is 28.2 Å². The molecule has 0 aliphatic carbocycles. The van der Waals surface area contributed by atoms with Gasteiger partial charge in [-0.15, -0.1) is 5.10 Å². The molecule has 0 bridgehead atoms. The molecule has 11 heteroatoms. The molecule has 0 spiro atoms. The van der Waals surface area contributed by atoms with Crippen LogP contribution in [0.4, 0.5) is 10.1 Å². The second-order valence-electron chi connectivity index (χ2n) is 8.47. The maximum absolute atomic E-state index is 14.3. The molecular formula is C23H22FN9O. The number of fused-ring (bicyclic) bond motifs is 1. The molecule has 0 fully saturated rings. The molecule has 4 aromatic heterocycles. The van der Waals surface area contributed by atoms with E-state index >= 15 is 0 Å². The minimum atomic E-state index is -1.53. The predicted molar refractivity (Wildman–Crippen MR) is 122 cm³/mol. The highest BCUT2D eigenvalue weighted by Gasteiger charge is 2.27. The minimum Gasteiger partial charge on any atom is -0.387 e. The molecule has 1 unspecified atom stereocenters. The maximum atomic E-state index is 14.3. The summed E-state index contributed by atoms with van der Waals surface area (Å²) in [6.45, 7) is 4.34. The molecule has 0 radical (unpaired) electrons. The largest absolute Gasteiger partial charge is 0.387 e. The van der Waals surface area contributed by atoms with Gasteiger partial charge >= 0.3 is 0 Å². The number of rotatable bonds is 7. The normalized spacial score (nSPS) is 13.3. The topological polar surface area (TPSA) is 141 Å². The number of alkyl halides is 1. The van der Waals surface area contributed by atoms with Gasteiger partial charge < -0.3 is 10.4 Å². The Bertz CT molecular complexity index is 1420. The van der Waals surface area contributed by atoms with Crippen LogP contribution in [0.15, 0.2) is 42.9 Å². The van der Waals surface area contributed by atoms with Crippen molar-refractivity contribution in [1.82, 2.24) is 29.6 Å². The summed E-state index contributed by atoms with van der Waals surface area (Å²) >= 11 is 0. The minimum absolute atomic E-state index is 0.161. The summed E-state index contributed by atoms with van der Waals surface area (Å²) < 4.78 is 17.3. The fraction of sp³-hybridized carbons (Fsp3) is 0.304. The molecule has 4 aromatic rings. The maximum Gasteiger partial charge on any atom is 0.148 e. The quantitative estimate of drug-likeness (QED) is 0.430. The van der Waals surface area contributed by atoms with E-state index in [-0.39, 0.29) is 6.54 Å². The van der Waals surface area contributed by atoms with Crippen molar-refractivity contribution in [2.75, 3.05) is 5.32 Å². The second kappa shape index (κ2) is 8.89. The van der Waals surface area contributed by atoms with Crippen molar-refractivity contribution in [1.29, 1.82) is 10.5 Å². The lowest BCUT2D eigenvalue weighted by Gasteiger charge is -2.21. The number of pyridine rings is 1. The van der Waals surface area contributed by atoms with Crippen LogP contribution in [0, 0.1) is 22.7 Å². The van der Waals surface area contributed by atoms with Crippen molar-refractivity contribution in [3.8, 4) is 34.8 Å². The monoisotopic (exact) mass is 459 g/mol. The Labute approximate surface area is 194 Å². The van der Waals surface area contributed by atoms with Crippen molar-refractivity contribution in [3.05, 3.63) is 48.4 Å². The molecule has 34 heavy (non-hydrogen) atoms. The van der Waals surface area contributed by atoms with Crippen LogP contribution in [-0.2, 0) is 6.54 Å². The lowest BCUT2D eigenvalue weighted by Crippen LogP contribution is -2.35. The van der Waals surface area contributed by atoms with Crippen molar-refractivity contribution < 1.29 is 9.50 Å². The zero-order valence-corrected chi connectivity index (χ0v) is 18.8. The third kappa shape index (κ3) is 4.56. The average molecular weight is 459 g/mol. The molecule has 10 nitrogen and oxygen atoms in total. The average Bonchev–Trinajstić information content (AvgIpc) is 3.44. The number of hydrogen-bond donors (Lipinski definition) is 2. The van der Waals surface area contributed by atoms with Gasteiger partial charge in [0.2, 0.25) is 0 Å². The van der Waals surface area contributed by atoms with Gasteiger partial charge in [-0.25, -0.2) is 13.6 Å². The van der Waals surface area contributed by atoms with Crippen LogP contribution in [-0.4, -0.2) is 52.5 Å². The summed E-state index contributed by atoms with van der Waals surface area (Å²) in [6, 6.07) is 10.9. The van der Waals surface area contributed by atoms with Crippen molar-refractivity contribution in [2.24, 2.45) is 0 Å². The molecule has 0 saturated heterocycles. The van der Waals surface area contributed by atoms with E-state index in [1.807, 2.05) is 12.1 Å². The first kappa shape index (κ1) is 22.8. The zero-order valence-electron chi connectivity index (χ0n) is 18.8. The third-order valence-corrected chi connectivity index (χ3v) is 5.29. The molecule has 0 saturated carbocycles. The highest BCUT2D eigenvalue weighted by Crippen LogP contribution is 2.31. The summed E-state index contributed by atoms with van der Waals surface area (Å²) in [4.78, 5) is 4.55. The Morgan fingerprint density at radius 2 is 2.00 bits per heavy atom. The van der Waals surface area contributed by atoms with E-state index in [0.717, 1.165) is 5.52 Å². The van der Waals surface area contributed by atoms with Crippen LogP contribution >= 0.6 is 0 Å². The molecule has 0 aliphatic rings. The number of nitrogens with zero attached hydrogens (tertiary/aromatic N) is 8. The Balaban J connectivity index is 1.73. The molecule has 0 aromatic carbocycles. The van der Waals surface area contributed by atoms with E-state index in [4.69, 9.17) is 5.26 Å². The number of anilines is 1. The summed E-state index contributed by atoms with van der Waals surface area (Å²) in [5.74, 6) is 0. The van der Waals surface area contributed by atoms with Crippen LogP contribution in [0.5, 0.6) is 0 Å². The Morgan fingerprint density at radius 1 is 1.21 bits per heavy atom. The molecule has 2 N–H and O–H groups in total. The van der Waals surface area contributed by atoms with Gasteiger partial charge in [0.05, 0.1) is 53.1 Å². The van der Waals surface area contributed by atoms with Crippen LogP contribution in [0.3, 0.4) is 0 Å². The lowest BCUT2D eigenvalue weighted by atomic mass is 10.0. The van der Waals surface area contributed by atoms with Crippen LogP contribution < -0.4 is 5.32 Å². The van der Waals surface area contributed by atoms with E-state index in [1.165, 1.54) is 24.7 Å². The summed E-state index contributed by atoms with van der Waals surface area (Å²) in [7, 11) is 0. The van der Waals surface area contributed by atoms with Gasteiger partial charge in [-0.3, -0.25) is 4.98 Å². The fourth-order valence-electron chi connectivity index (χ4n) is 3.34. The standard InChI is InChI=1S/C23H22FN9O/c1-14(8-25)29-18-7-19(21-5-4-16-6-15(9-26)10-28-33(16)21)27-11-17(18)20-12-32(31-30-20)13-22(24)23(2,3)34/h4-7,10-12,14,22,34H,13H2,1-3H3,(H,27,29)/t14?,22-/m1/s1. The highest BCUT2D eigenvalue weighted by atomic mass is 19.1. The van der Waals surface area contributed by atoms with Crippen molar-refractivity contribution >= 4 is 11.2 Å². The number of aliphatic hydroxyl groups is 1. The van der Waals surface area contributed by atoms with Crippen LogP contribution in [0.1, 0.15) is 26.3 Å². The van der Waals surface area contributed by atoms with Gasteiger partial charge in [-0.1, -0.05) is 5.21 Å². The van der Waals surface area contributed by atoms with Gasteiger partial charge in [-0.2, -0.15) is 15.6 Å². The number of halogens is 1. The van der Waals surface area contributed by atoms with Gasteiger partial charge in [0, 0.05) is 17.4 Å². The number of nitriles is 2. The van der Waals surface area contributed by atoms with Crippen molar-refractivity contribution in [2.45, 2.75) is 45.1 Å². The molecule has 172 valence electrons. The molecule has 4 rings (SSSR count). The molecule has 0 aliphatic heterocycles. The first-order valence-corrected chi connectivity index (χ1v) is 10.5. The summed E-state index contributed by atoms with van der Waals surface area (Å²) in [5, 5.41) is 43.8. The molecular weight excluding hydrogens is 437 g/mol. The predicted octanol–water partition coefficient (Wildman–Crippen LogP) is 2.96. The third-order valence-electron chi connectivity index (χ3n) is 5.29. The zero-order chi connectivity index (χ0) is 24.5. The summed E-state index contributed by atoms with van der Waals surface area (Å²) in [5.41, 5.74) is 2.59. The van der Waals surface area contributed by atoms with E-state index in [9.17, 15) is 14.8 Å². The first-order chi connectivity index (χ1) is 16.2. The van der Waals surface area contributed by atoms with Gasteiger partial charge in [0.25, 0.3) is 0 Å². The highest BCUT2D eigenvalue weighted by molar-refractivity contribution is 5.79. The Morgan fingerprint density at radius 3 is 2.71 bits per heavy atom. The van der Waals surface area contributed by atoms with Gasteiger partial charge in [0.15, 0.2) is 0 Å². The van der Waals surface area contributed by atoms with E-state index in [1.54, 1.807) is 36.0 Å². The fourth-order valence-corrected chi connectivity index (χ4v) is 3.34. The lowest BCUT2D eigenvalue weighted by molar-refractivity contribution is -0.0120. The number of aromatic nitrogens is 6. The molecule has 0 amide bonds. The SMILES string of the molecule is CC(C#N)Nc1cc(-c2ccc3cc(C#N)cnn23)ncc1-c1cn(C[C@@H](F)C(C)(C)O)nn1. The van der Waals surface area contributed by atoms with E-state index in [0.29, 0.717) is 33.9 Å². The second-order valence-corrected chi connectivity index (χ2v) is 8.47.